The van der Waals surface area contributed by atoms with Gasteiger partial charge in [0.25, 0.3) is 0 Å². The van der Waals surface area contributed by atoms with Crippen LogP contribution in [-0.4, -0.2) is 39.9 Å². The standard InChI is InChI=1S/C14H21NO5S/c1-11(5-6-16)10-15-21(17,18)12-3-4-13-14(9-12)20-8-2-7-19-13/h3-4,9,11,15-16H,2,5-8,10H2,1H3/t11-/m0/s1. The van der Waals surface area contributed by atoms with Crippen LogP contribution < -0.4 is 14.2 Å². The summed E-state index contributed by atoms with van der Waals surface area (Å²) in [7, 11) is -3.59. The average molecular weight is 315 g/mol. The molecule has 0 amide bonds. The highest BCUT2D eigenvalue weighted by Crippen LogP contribution is 2.31. The van der Waals surface area contributed by atoms with E-state index in [1.165, 1.54) is 12.1 Å². The molecule has 118 valence electrons. The Bertz CT molecular complexity index is 573. The molecule has 1 aliphatic rings. The number of nitrogens with one attached hydrogen (secondary N) is 1. The molecule has 0 saturated heterocycles. The van der Waals surface area contributed by atoms with E-state index in [1.54, 1.807) is 6.07 Å². The molecule has 1 atom stereocenters. The fourth-order valence-corrected chi connectivity index (χ4v) is 3.15. The van der Waals surface area contributed by atoms with E-state index in [1.807, 2.05) is 6.92 Å². The molecule has 1 heterocycles. The van der Waals surface area contributed by atoms with Crippen molar-refractivity contribution >= 4 is 10.0 Å². The number of sulfonamides is 1. The summed E-state index contributed by atoms with van der Waals surface area (Å²) in [4.78, 5) is 0.156. The Labute approximate surface area is 125 Å². The van der Waals surface area contributed by atoms with E-state index >= 15 is 0 Å². The summed E-state index contributed by atoms with van der Waals surface area (Å²) in [6, 6.07) is 4.61. The SMILES string of the molecule is C[C@@H](CCO)CNS(=O)(=O)c1ccc2c(c1)OCCCO2. The fourth-order valence-electron chi connectivity index (χ4n) is 1.97. The molecule has 2 N–H and O–H groups in total. The van der Waals surface area contributed by atoms with Gasteiger partial charge in [-0.2, -0.15) is 0 Å². The lowest BCUT2D eigenvalue weighted by atomic mass is 10.1. The van der Waals surface area contributed by atoms with E-state index in [9.17, 15) is 8.42 Å². The van der Waals surface area contributed by atoms with E-state index in [0.29, 0.717) is 31.1 Å². The largest absolute Gasteiger partial charge is 0.490 e. The molecular formula is C14H21NO5S. The number of fused-ring (bicyclic) bond motifs is 1. The fraction of sp³-hybridized carbons (Fsp3) is 0.571. The van der Waals surface area contributed by atoms with Crippen molar-refractivity contribution in [3.63, 3.8) is 0 Å². The maximum atomic E-state index is 12.2. The first-order valence-electron chi connectivity index (χ1n) is 7.03. The number of rotatable bonds is 6. The topological polar surface area (TPSA) is 84.9 Å². The van der Waals surface area contributed by atoms with Crippen molar-refractivity contribution in [2.24, 2.45) is 5.92 Å². The van der Waals surface area contributed by atoms with Gasteiger partial charge in [0, 0.05) is 25.6 Å². The highest BCUT2D eigenvalue weighted by molar-refractivity contribution is 7.89. The lowest BCUT2D eigenvalue weighted by Crippen LogP contribution is -2.28. The van der Waals surface area contributed by atoms with Crippen molar-refractivity contribution in [1.82, 2.24) is 4.72 Å². The maximum absolute atomic E-state index is 12.2. The Morgan fingerprint density at radius 2 is 2.00 bits per heavy atom. The average Bonchev–Trinajstić information content (AvgIpc) is 2.70. The molecule has 0 fully saturated rings. The highest BCUT2D eigenvalue weighted by atomic mass is 32.2. The molecule has 1 aliphatic heterocycles. The Hall–Kier alpha value is -1.31. The third-order valence-corrected chi connectivity index (χ3v) is 4.69. The van der Waals surface area contributed by atoms with Gasteiger partial charge in [-0.1, -0.05) is 6.92 Å². The second kappa shape index (κ2) is 7.11. The van der Waals surface area contributed by atoms with E-state index in [0.717, 1.165) is 6.42 Å². The first kappa shape index (κ1) is 16.1. The number of aliphatic hydroxyl groups excluding tert-OH is 1. The smallest absolute Gasteiger partial charge is 0.240 e. The predicted octanol–water partition coefficient (Wildman–Crippen LogP) is 1.14. The van der Waals surface area contributed by atoms with Crippen molar-refractivity contribution in [2.45, 2.75) is 24.7 Å². The Balaban J connectivity index is 2.11. The molecule has 0 radical (unpaired) electrons. The summed E-state index contributed by atoms with van der Waals surface area (Å²) in [6.45, 7) is 3.30. The number of benzene rings is 1. The number of ether oxygens (including phenoxy) is 2. The van der Waals surface area contributed by atoms with Crippen LogP contribution >= 0.6 is 0 Å². The molecule has 2 rings (SSSR count). The molecule has 0 unspecified atom stereocenters. The van der Waals surface area contributed by atoms with Gasteiger partial charge in [-0.15, -0.1) is 0 Å². The van der Waals surface area contributed by atoms with Gasteiger partial charge in [0.1, 0.15) is 0 Å². The van der Waals surface area contributed by atoms with Gasteiger partial charge in [-0.05, 0) is 24.5 Å². The van der Waals surface area contributed by atoms with Crippen LogP contribution in [0.5, 0.6) is 11.5 Å². The molecule has 0 aromatic heterocycles. The monoisotopic (exact) mass is 315 g/mol. The van der Waals surface area contributed by atoms with Gasteiger partial charge in [-0.3, -0.25) is 0 Å². The zero-order valence-electron chi connectivity index (χ0n) is 12.0. The van der Waals surface area contributed by atoms with E-state index in [2.05, 4.69) is 4.72 Å². The first-order chi connectivity index (χ1) is 10.0. The van der Waals surface area contributed by atoms with Crippen LogP contribution in [0.15, 0.2) is 23.1 Å². The minimum Gasteiger partial charge on any atom is -0.490 e. The molecule has 0 bridgehead atoms. The summed E-state index contributed by atoms with van der Waals surface area (Å²) >= 11 is 0. The van der Waals surface area contributed by atoms with Crippen LogP contribution in [0.4, 0.5) is 0 Å². The summed E-state index contributed by atoms with van der Waals surface area (Å²) in [5.41, 5.74) is 0. The molecule has 21 heavy (non-hydrogen) atoms. The molecule has 1 aromatic rings. The maximum Gasteiger partial charge on any atom is 0.240 e. The Morgan fingerprint density at radius 1 is 1.29 bits per heavy atom. The zero-order valence-corrected chi connectivity index (χ0v) is 12.9. The molecule has 6 nitrogen and oxygen atoms in total. The van der Waals surface area contributed by atoms with E-state index in [4.69, 9.17) is 14.6 Å². The lowest BCUT2D eigenvalue weighted by molar-refractivity contribution is 0.263. The van der Waals surface area contributed by atoms with Gasteiger partial charge in [0.15, 0.2) is 11.5 Å². The molecule has 7 heteroatoms. The zero-order chi connectivity index (χ0) is 15.3. The Kier molecular flexibility index (Phi) is 5.44. The van der Waals surface area contributed by atoms with Crippen molar-refractivity contribution in [1.29, 1.82) is 0 Å². The van der Waals surface area contributed by atoms with Crippen LogP contribution in [0.2, 0.25) is 0 Å². The van der Waals surface area contributed by atoms with Crippen molar-refractivity contribution < 1.29 is 23.0 Å². The third-order valence-electron chi connectivity index (χ3n) is 3.27. The van der Waals surface area contributed by atoms with Crippen LogP contribution in [0.1, 0.15) is 19.8 Å². The summed E-state index contributed by atoms with van der Waals surface area (Å²) in [5, 5.41) is 8.83. The second-order valence-corrected chi connectivity index (χ2v) is 6.90. The van der Waals surface area contributed by atoms with Crippen molar-refractivity contribution in [2.75, 3.05) is 26.4 Å². The summed E-state index contributed by atoms with van der Waals surface area (Å²) in [6.07, 6.45) is 1.33. The minimum absolute atomic E-state index is 0.0485. The van der Waals surface area contributed by atoms with Gasteiger partial charge >= 0.3 is 0 Å². The second-order valence-electron chi connectivity index (χ2n) is 5.13. The third kappa shape index (κ3) is 4.33. The molecule has 1 aromatic carbocycles. The van der Waals surface area contributed by atoms with Gasteiger partial charge in [0.2, 0.25) is 10.0 Å². The Morgan fingerprint density at radius 3 is 2.71 bits per heavy atom. The molecule has 0 aliphatic carbocycles. The van der Waals surface area contributed by atoms with Crippen LogP contribution in [-0.2, 0) is 10.0 Å². The van der Waals surface area contributed by atoms with Gasteiger partial charge in [-0.25, -0.2) is 13.1 Å². The van der Waals surface area contributed by atoms with E-state index < -0.39 is 10.0 Å². The van der Waals surface area contributed by atoms with Crippen LogP contribution in [0.25, 0.3) is 0 Å². The van der Waals surface area contributed by atoms with Gasteiger partial charge < -0.3 is 14.6 Å². The molecule has 0 spiro atoms. The summed E-state index contributed by atoms with van der Waals surface area (Å²) < 4.78 is 38.0. The van der Waals surface area contributed by atoms with Gasteiger partial charge in [0.05, 0.1) is 18.1 Å². The number of hydrogen-bond acceptors (Lipinski definition) is 5. The first-order valence-corrected chi connectivity index (χ1v) is 8.51. The molecule has 0 saturated carbocycles. The summed E-state index contributed by atoms with van der Waals surface area (Å²) in [5.74, 6) is 1.10. The molecular weight excluding hydrogens is 294 g/mol. The normalized spacial score (nSPS) is 16.3. The number of aliphatic hydroxyl groups is 1. The van der Waals surface area contributed by atoms with E-state index in [-0.39, 0.29) is 24.0 Å². The quantitative estimate of drug-likeness (QED) is 0.822. The van der Waals surface area contributed by atoms with Crippen molar-refractivity contribution in [3.05, 3.63) is 18.2 Å². The minimum atomic E-state index is -3.59. The number of hydrogen-bond donors (Lipinski definition) is 2. The predicted molar refractivity (Wildman–Crippen MR) is 78.1 cm³/mol. The van der Waals surface area contributed by atoms with Crippen LogP contribution in [0, 0.1) is 5.92 Å². The highest BCUT2D eigenvalue weighted by Gasteiger charge is 2.19. The van der Waals surface area contributed by atoms with Crippen LogP contribution in [0.3, 0.4) is 0 Å². The van der Waals surface area contributed by atoms with Crippen molar-refractivity contribution in [3.8, 4) is 11.5 Å². The lowest BCUT2D eigenvalue weighted by Gasteiger charge is -2.13.